The Bertz CT molecular complexity index is 484. The molecule has 0 unspecified atom stereocenters. The molecule has 1 fully saturated rings. The smallest absolute Gasteiger partial charge is 0.344 e. The van der Waals surface area contributed by atoms with E-state index >= 15 is 0 Å². The minimum absolute atomic E-state index is 0.256. The van der Waals surface area contributed by atoms with Gasteiger partial charge in [0.15, 0.2) is 24.7 Å². The van der Waals surface area contributed by atoms with E-state index in [1.807, 2.05) is 0 Å². The molecule has 2 rings (SSSR count). The molecule has 1 aliphatic rings. The molecule has 1 N–H and O–H groups in total. The average molecular weight is 279 g/mol. The van der Waals surface area contributed by atoms with Crippen LogP contribution in [0.15, 0.2) is 24.3 Å². The van der Waals surface area contributed by atoms with E-state index in [0.29, 0.717) is 11.5 Å². The zero-order valence-electron chi connectivity index (χ0n) is 11.3. The van der Waals surface area contributed by atoms with Gasteiger partial charge in [0.05, 0.1) is 7.11 Å². The van der Waals surface area contributed by atoms with E-state index in [1.54, 1.807) is 24.3 Å². The number of amides is 1. The number of hydrogen-bond donors (Lipinski definition) is 1. The van der Waals surface area contributed by atoms with Crippen LogP contribution in [0.25, 0.3) is 0 Å². The number of para-hydroxylation sites is 2. The van der Waals surface area contributed by atoms with Gasteiger partial charge in [0.1, 0.15) is 0 Å². The van der Waals surface area contributed by atoms with Crippen LogP contribution in [0.2, 0.25) is 0 Å². The summed E-state index contributed by atoms with van der Waals surface area (Å²) in [6.07, 6.45) is 1.99. The van der Waals surface area contributed by atoms with Crippen molar-refractivity contribution in [1.29, 1.82) is 0 Å². The number of carbonyl (C=O) groups excluding carboxylic acids is 2. The van der Waals surface area contributed by atoms with Crippen molar-refractivity contribution in [2.75, 3.05) is 20.3 Å². The molecule has 6 nitrogen and oxygen atoms in total. The van der Waals surface area contributed by atoms with Gasteiger partial charge in [-0.25, -0.2) is 4.79 Å². The molecule has 1 saturated carbocycles. The molecule has 1 aromatic carbocycles. The maximum atomic E-state index is 11.5. The number of ether oxygens (including phenoxy) is 3. The predicted molar refractivity (Wildman–Crippen MR) is 70.6 cm³/mol. The molecule has 1 aliphatic carbocycles. The van der Waals surface area contributed by atoms with Gasteiger partial charge in [-0.15, -0.1) is 0 Å². The van der Waals surface area contributed by atoms with Crippen LogP contribution in [0.1, 0.15) is 12.8 Å². The van der Waals surface area contributed by atoms with Gasteiger partial charge < -0.3 is 19.5 Å². The summed E-state index contributed by atoms with van der Waals surface area (Å²) in [6, 6.07) is 7.24. The van der Waals surface area contributed by atoms with Crippen LogP contribution in [0.5, 0.6) is 11.5 Å². The molecule has 6 heteroatoms. The lowest BCUT2D eigenvalue weighted by Crippen LogP contribution is -2.31. The molecular formula is C14H17NO5. The summed E-state index contributed by atoms with van der Waals surface area (Å²) in [5.74, 6) is 0.112. The van der Waals surface area contributed by atoms with Crippen molar-refractivity contribution in [3.63, 3.8) is 0 Å². The molecule has 1 aromatic rings. The van der Waals surface area contributed by atoms with Crippen molar-refractivity contribution in [3.05, 3.63) is 24.3 Å². The predicted octanol–water partition coefficient (Wildman–Crippen LogP) is 0.896. The zero-order chi connectivity index (χ0) is 14.4. The summed E-state index contributed by atoms with van der Waals surface area (Å²) in [5.41, 5.74) is 0. The van der Waals surface area contributed by atoms with Gasteiger partial charge in [-0.2, -0.15) is 0 Å². The Morgan fingerprint density at radius 2 is 1.90 bits per heavy atom. The summed E-state index contributed by atoms with van der Waals surface area (Å²) < 4.78 is 15.2. The summed E-state index contributed by atoms with van der Waals surface area (Å²) in [7, 11) is 1.52. The second-order valence-corrected chi connectivity index (χ2v) is 4.44. The molecule has 0 spiro atoms. The van der Waals surface area contributed by atoms with E-state index < -0.39 is 5.97 Å². The number of hydrogen-bond acceptors (Lipinski definition) is 5. The number of rotatable bonds is 7. The molecular weight excluding hydrogens is 262 g/mol. The van der Waals surface area contributed by atoms with E-state index in [4.69, 9.17) is 14.2 Å². The first-order valence-corrected chi connectivity index (χ1v) is 6.40. The van der Waals surface area contributed by atoms with E-state index in [-0.39, 0.29) is 25.2 Å². The van der Waals surface area contributed by atoms with Crippen LogP contribution in [0, 0.1) is 0 Å². The van der Waals surface area contributed by atoms with Crippen molar-refractivity contribution in [2.24, 2.45) is 0 Å². The van der Waals surface area contributed by atoms with Crippen molar-refractivity contribution in [3.8, 4) is 11.5 Å². The van der Waals surface area contributed by atoms with Gasteiger partial charge in [0, 0.05) is 6.04 Å². The van der Waals surface area contributed by atoms with Crippen molar-refractivity contribution in [2.45, 2.75) is 18.9 Å². The van der Waals surface area contributed by atoms with Crippen LogP contribution in [-0.2, 0) is 14.3 Å². The van der Waals surface area contributed by atoms with E-state index in [2.05, 4.69) is 5.32 Å². The molecule has 0 aliphatic heterocycles. The highest BCUT2D eigenvalue weighted by molar-refractivity contribution is 5.81. The van der Waals surface area contributed by atoms with E-state index in [1.165, 1.54) is 7.11 Å². The summed E-state index contributed by atoms with van der Waals surface area (Å²) in [5, 5.41) is 2.72. The topological polar surface area (TPSA) is 73.9 Å². The monoisotopic (exact) mass is 279 g/mol. The van der Waals surface area contributed by atoms with Crippen molar-refractivity contribution in [1.82, 2.24) is 5.32 Å². The van der Waals surface area contributed by atoms with Crippen LogP contribution >= 0.6 is 0 Å². The molecule has 1 amide bonds. The van der Waals surface area contributed by atoms with Gasteiger partial charge in [-0.3, -0.25) is 4.79 Å². The lowest BCUT2D eigenvalue weighted by atomic mass is 10.3. The number of nitrogens with one attached hydrogen (secondary N) is 1. The van der Waals surface area contributed by atoms with Crippen molar-refractivity contribution >= 4 is 11.9 Å². The van der Waals surface area contributed by atoms with Crippen molar-refractivity contribution < 1.29 is 23.8 Å². The number of benzene rings is 1. The molecule has 20 heavy (non-hydrogen) atoms. The van der Waals surface area contributed by atoms with Gasteiger partial charge in [-0.05, 0) is 25.0 Å². The van der Waals surface area contributed by atoms with Crippen LogP contribution in [0.4, 0.5) is 0 Å². The maximum Gasteiger partial charge on any atom is 0.344 e. The Labute approximate surface area is 117 Å². The molecule has 0 heterocycles. The highest BCUT2D eigenvalue weighted by atomic mass is 16.6. The average Bonchev–Trinajstić information content (AvgIpc) is 3.27. The Hall–Kier alpha value is -2.24. The number of methoxy groups -OCH3 is 1. The highest BCUT2D eigenvalue weighted by Crippen LogP contribution is 2.25. The second-order valence-electron chi connectivity index (χ2n) is 4.44. The molecule has 0 aromatic heterocycles. The third-order valence-corrected chi connectivity index (χ3v) is 2.72. The maximum absolute atomic E-state index is 11.5. The largest absolute Gasteiger partial charge is 0.493 e. The summed E-state index contributed by atoms with van der Waals surface area (Å²) in [4.78, 5) is 22.8. The quantitative estimate of drug-likeness (QED) is 0.750. The van der Waals surface area contributed by atoms with Crippen LogP contribution in [0.3, 0.4) is 0 Å². The number of carbonyl (C=O) groups is 2. The zero-order valence-corrected chi connectivity index (χ0v) is 11.3. The molecule has 0 bridgehead atoms. The fourth-order valence-corrected chi connectivity index (χ4v) is 1.56. The fraction of sp³-hybridized carbons (Fsp3) is 0.429. The Balaban J connectivity index is 1.70. The lowest BCUT2D eigenvalue weighted by molar-refractivity contribution is -0.150. The minimum atomic E-state index is -0.596. The molecule has 108 valence electrons. The third-order valence-electron chi connectivity index (χ3n) is 2.72. The Morgan fingerprint density at radius 3 is 2.55 bits per heavy atom. The van der Waals surface area contributed by atoms with Gasteiger partial charge in [-0.1, -0.05) is 12.1 Å². The van der Waals surface area contributed by atoms with Crippen LogP contribution < -0.4 is 14.8 Å². The SMILES string of the molecule is COc1ccccc1OCC(=O)OCC(=O)NC1CC1. The van der Waals surface area contributed by atoms with E-state index in [0.717, 1.165) is 12.8 Å². The first-order chi connectivity index (χ1) is 9.69. The third kappa shape index (κ3) is 4.46. The Morgan fingerprint density at radius 1 is 1.20 bits per heavy atom. The fourth-order valence-electron chi connectivity index (χ4n) is 1.56. The molecule has 0 saturated heterocycles. The second kappa shape index (κ2) is 6.79. The van der Waals surface area contributed by atoms with Crippen LogP contribution in [-0.4, -0.2) is 38.2 Å². The first-order valence-electron chi connectivity index (χ1n) is 6.40. The van der Waals surface area contributed by atoms with Gasteiger partial charge >= 0.3 is 5.97 Å². The number of esters is 1. The highest BCUT2D eigenvalue weighted by Gasteiger charge is 2.23. The standard InChI is InChI=1S/C14H17NO5/c1-18-11-4-2-3-5-12(11)19-9-14(17)20-8-13(16)15-10-6-7-10/h2-5,10H,6-9H2,1H3,(H,15,16). The molecule has 0 radical (unpaired) electrons. The minimum Gasteiger partial charge on any atom is -0.493 e. The normalized spacial score (nSPS) is 13.4. The van der Waals surface area contributed by atoms with Gasteiger partial charge in [0.2, 0.25) is 0 Å². The first kappa shape index (κ1) is 14.2. The van der Waals surface area contributed by atoms with Gasteiger partial charge in [0.25, 0.3) is 5.91 Å². The summed E-state index contributed by atoms with van der Waals surface area (Å²) >= 11 is 0. The van der Waals surface area contributed by atoms with E-state index in [9.17, 15) is 9.59 Å². The molecule has 0 atom stereocenters. The Kier molecular flexibility index (Phi) is 4.81. The lowest BCUT2D eigenvalue weighted by Gasteiger charge is -2.10. The summed E-state index contributed by atoms with van der Waals surface area (Å²) in [6.45, 7) is -0.540.